The summed E-state index contributed by atoms with van der Waals surface area (Å²) in [5, 5.41) is 0. The number of nitrogens with two attached hydrogens (primary N) is 1. The molecule has 1 aliphatic carbocycles. The Morgan fingerprint density at radius 1 is 1.31 bits per heavy atom. The van der Waals surface area contributed by atoms with Crippen LogP contribution < -0.4 is 15.2 Å². The highest BCUT2D eigenvalue weighted by Gasteiger charge is 2.40. The molecule has 0 saturated heterocycles. The Morgan fingerprint density at radius 2 is 2.12 bits per heavy atom. The van der Waals surface area contributed by atoms with Crippen LogP contribution >= 0.6 is 15.9 Å². The topological polar surface area (TPSA) is 44.5 Å². The van der Waals surface area contributed by atoms with Gasteiger partial charge in [-0.25, -0.2) is 0 Å². The van der Waals surface area contributed by atoms with Gasteiger partial charge < -0.3 is 15.2 Å². The molecule has 1 aromatic carbocycles. The van der Waals surface area contributed by atoms with E-state index in [4.69, 9.17) is 15.2 Å². The first-order valence-corrected chi connectivity index (χ1v) is 6.35. The predicted octanol–water partition coefficient (Wildman–Crippen LogP) is 2.56. The number of ether oxygens (including phenoxy) is 2. The molecule has 0 unspecified atom stereocenters. The molecule has 0 bridgehead atoms. The molecule has 0 radical (unpaired) electrons. The molecule has 1 heterocycles. The minimum absolute atomic E-state index is 0.153. The maximum atomic E-state index is 5.92. The van der Waals surface area contributed by atoms with E-state index < -0.39 is 0 Å². The van der Waals surface area contributed by atoms with Crippen molar-refractivity contribution in [2.45, 2.75) is 24.7 Å². The summed E-state index contributed by atoms with van der Waals surface area (Å²) in [7, 11) is 0. The van der Waals surface area contributed by atoms with Crippen molar-refractivity contribution in [3.8, 4) is 11.5 Å². The van der Waals surface area contributed by atoms with E-state index in [0.717, 1.165) is 16.0 Å². The molecule has 0 aromatic heterocycles. The van der Waals surface area contributed by atoms with Crippen LogP contribution in [0.3, 0.4) is 0 Å². The molecule has 0 amide bonds. The normalized spacial score (nSPS) is 20.6. The average Bonchev–Trinajstić information content (AvgIpc) is 2.69. The lowest BCUT2D eigenvalue weighted by Crippen LogP contribution is -2.41. The van der Waals surface area contributed by atoms with Gasteiger partial charge in [-0.3, -0.25) is 0 Å². The first kappa shape index (κ1) is 10.4. The number of hydrogen-bond donors (Lipinski definition) is 1. The Bertz CT molecular complexity index is 424. The summed E-state index contributed by atoms with van der Waals surface area (Å²) in [5.41, 5.74) is 7.34. The molecule has 1 aliphatic heterocycles. The molecule has 0 spiro atoms. The van der Waals surface area contributed by atoms with Gasteiger partial charge in [-0.1, -0.05) is 12.5 Å². The zero-order valence-corrected chi connectivity index (χ0v) is 10.5. The third-order valence-corrected chi connectivity index (χ3v) is 4.54. The number of fused-ring (bicyclic) bond motifs is 1. The second-order valence-electron chi connectivity index (χ2n) is 4.50. The Balaban J connectivity index is 2.08. The fourth-order valence-corrected chi connectivity index (χ4v) is 3.40. The van der Waals surface area contributed by atoms with Gasteiger partial charge in [-0.05, 0) is 40.4 Å². The van der Waals surface area contributed by atoms with Gasteiger partial charge in [0, 0.05) is 12.0 Å². The fraction of sp³-hybridized carbons (Fsp3) is 0.500. The van der Waals surface area contributed by atoms with Crippen molar-refractivity contribution in [1.82, 2.24) is 0 Å². The molecular formula is C12H14BrNO2. The van der Waals surface area contributed by atoms with Crippen LogP contribution in [-0.4, -0.2) is 13.3 Å². The predicted molar refractivity (Wildman–Crippen MR) is 64.8 cm³/mol. The lowest BCUT2D eigenvalue weighted by molar-refractivity contribution is 0.173. The monoisotopic (exact) mass is 283 g/mol. The molecule has 1 fully saturated rings. The summed E-state index contributed by atoms with van der Waals surface area (Å²) in [6.45, 7) is 1.01. The van der Waals surface area contributed by atoms with Crippen molar-refractivity contribution < 1.29 is 9.47 Å². The highest BCUT2D eigenvalue weighted by Crippen LogP contribution is 2.50. The molecule has 0 atom stereocenters. The van der Waals surface area contributed by atoms with Crippen molar-refractivity contribution in [3.63, 3.8) is 0 Å². The van der Waals surface area contributed by atoms with Gasteiger partial charge in [0.1, 0.15) is 0 Å². The van der Waals surface area contributed by atoms with Crippen LogP contribution in [0.5, 0.6) is 11.5 Å². The van der Waals surface area contributed by atoms with Crippen molar-refractivity contribution in [2.24, 2.45) is 5.73 Å². The SMILES string of the molecule is NCC1(c2ccc3c(c2Br)OCO3)CCC1. The van der Waals surface area contributed by atoms with E-state index in [2.05, 4.69) is 22.0 Å². The summed E-state index contributed by atoms with van der Waals surface area (Å²) < 4.78 is 11.8. The van der Waals surface area contributed by atoms with Gasteiger partial charge in [-0.2, -0.15) is 0 Å². The van der Waals surface area contributed by atoms with Crippen molar-refractivity contribution >= 4 is 15.9 Å². The molecular weight excluding hydrogens is 270 g/mol. The summed E-state index contributed by atoms with van der Waals surface area (Å²) in [6.07, 6.45) is 3.60. The van der Waals surface area contributed by atoms with Crippen molar-refractivity contribution in [3.05, 3.63) is 22.2 Å². The quantitative estimate of drug-likeness (QED) is 0.907. The molecule has 3 nitrogen and oxygen atoms in total. The minimum Gasteiger partial charge on any atom is -0.454 e. The molecule has 86 valence electrons. The molecule has 16 heavy (non-hydrogen) atoms. The zero-order valence-electron chi connectivity index (χ0n) is 8.96. The number of hydrogen-bond acceptors (Lipinski definition) is 3. The summed E-state index contributed by atoms with van der Waals surface area (Å²) in [4.78, 5) is 0. The Kier molecular flexibility index (Phi) is 2.37. The van der Waals surface area contributed by atoms with E-state index in [1.165, 1.54) is 24.8 Å². The third kappa shape index (κ3) is 1.29. The lowest BCUT2D eigenvalue weighted by atomic mass is 9.64. The maximum absolute atomic E-state index is 5.92. The van der Waals surface area contributed by atoms with Crippen molar-refractivity contribution in [1.29, 1.82) is 0 Å². The van der Waals surface area contributed by atoms with Crippen molar-refractivity contribution in [2.75, 3.05) is 13.3 Å². The minimum atomic E-state index is 0.153. The average molecular weight is 284 g/mol. The van der Waals surface area contributed by atoms with E-state index in [-0.39, 0.29) is 5.41 Å². The highest BCUT2D eigenvalue weighted by molar-refractivity contribution is 9.10. The first-order chi connectivity index (χ1) is 7.77. The Hall–Kier alpha value is -0.740. The molecule has 1 aromatic rings. The zero-order chi connectivity index (χ0) is 11.2. The van der Waals surface area contributed by atoms with E-state index in [0.29, 0.717) is 13.3 Å². The maximum Gasteiger partial charge on any atom is 0.231 e. The standard InChI is InChI=1S/C12H14BrNO2/c13-10-8(12(6-14)4-1-5-12)2-3-9-11(10)16-7-15-9/h2-3H,1,4-7,14H2. The van der Waals surface area contributed by atoms with E-state index >= 15 is 0 Å². The van der Waals surface area contributed by atoms with Crippen LogP contribution in [0.25, 0.3) is 0 Å². The van der Waals surface area contributed by atoms with Crippen LogP contribution in [-0.2, 0) is 5.41 Å². The van der Waals surface area contributed by atoms with Crippen LogP contribution in [0.1, 0.15) is 24.8 Å². The molecule has 2 N–H and O–H groups in total. The summed E-state index contributed by atoms with van der Waals surface area (Å²) in [6, 6.07) is 4.10. The van der Waals surface area contributed by atoms with Crippen LogP contribution in [0.4, 0.5) is 0 Å². The molecule has 4 heteroatoms. The Labute approximate surface area is 103 Å². The largest absolute Gasteiger partial charge is 0.454 e. The highest BCUT2D eigenvalue weighted by atomic mass is 79.9. The Morgan fingerprint density at radius 3 is 2.75 bits per heavy atom. The van der Waals surface area contributed by atoms with Gasteiger partial charge in [0.05, 0.1) is 4.47 Å². The van der Waals surface area contributed by atoms with Crippen LogP contribution in [0.15, 0.2) is 16.6 Å². The smallest absolute Gasteiger partial charge is 0.231 e. The van der Waals surface area contributed by atoms with Gasteiger partial charge in [0.25, 0.3) is 0 Å². The van der Waals surface area contributed by atoms with E-state index in [1.54, 1.807) is 0 Å². The number of rotatable bonds is 2. The third-order valence-electron chi connectivity index (χ3n) is 3.75. The van der Waals surface area contributed by atoms with Gasteiger partial charge in [0.2, 0.25) is 6.79 Å². The molecule has 1 saturated carbocycles. The van der Waals surface area contributed by atoms with Gasteiger partial charge in [0.15, 0.2) is 11.5 Å². The van der Waals surface area contributed by atoms with Crippen LogP contribution in [0, 0.1) is 0 Å². The van der Waals surface area contributed by atoms with Gasteiger partial charge in [-0.15, -0.1) is 0 Å². The second kappa shape index (κ2) is 3.64. The van der Waals surface area contributed by atoms with Gasteiger partial charge >= 0.3 is 0 Å². The lowest BCUT2D eigenvalue weighted by Gasteiger charge is -2.42. The molecule has 3 rings (SSSR count). The number of benzene rings is 1. The molecule has 2 aliphatic rings. The summed E-state index contributed by atoms with van der Waals surface area (Å²) >= 11 is 3.62. The van der Waals surface area contributed by atoms with Crippen LogP contribution in [0.2, 0.25) is 0 Å². The summed E-state index contributed by atoms with van der Waals surface area (Å²) in [5.74, 6) is 1.65. The number of halogens is 1. The van der Waals surface area contributed by atoms with E-state index in [1.807, 2.05) is 6.07 Å². The fourth-order valence-electron chi connectivity index (χ4n) is 2.53. The van der Waals surface area contributed by atoms with E-state index in [9.17, 15) is 0 Å². The first-order valence-electron chi connectivity index (χ1n) is 5.55. The second-order valence-corrected chi connectivity index (χ2v) is 5.29.